The lowest BCUT2D eigenvalue weighted by atomic mass is 9.94. The molecule has 2 atom stereocenters. The van der Waals surface area contributed by atoms with Crippen molar-refractivity contribution in [1.29, 1.82) is 0 Å². The molecule has 1 aliphatic heterocycles. The van der Waals surface area contributed by atoms with E-state index in [2.05, 4.69) is 20.8 Å². The van der Waals surface area contributed by atoms with Gasteiger partial charge in [-0.05, 0) is 45.2 Å². The maximum Gasteiger partial charge on any atom is 0.220 e. The number of nitrogens with zero attached hydrogens (tertiary/aromatic N) is 3. The van der Waals surface area contributed by atoms with Crippen LogP contribution >= 0.6 is 0 Å². The molecule has 1 aromatic rings. The lowest BCUT2D eigenvalue weighted by Crippen LogP contribution is -2.32. The number of rotatable bonds is 5. The molecule has 1 aromatic heterocycles. The Hall–Kier alpha value is -1.43. The molecule has 2 unspecified atom stereocenters. The summed E-state index contributed by atoms with van der Waals surface area (Å²) in [5.41, 5.74) is 0. The molecule has 0 aromatic carbocycles. The summed E-state index contributed by atoms with van der Waals surface area (Å²) in [5, 5.41) is 14.2. The van der Waals surface area contributed by atoms with Crippen LogP contribution in [0.5, 0.6) is 0 Å². The van der Waals surface area contributed by atoms with Crippen molar-refractivity contribution in [3.8, 4) is 0 Å². The Balaban J connectivity index is 1.73. The maximum atomic E-state index is 11.9. The minimum Gasteiger partial charge on any atom is -0.346 e. The van der Waals surface area contributed by atoms with Crippen LogP contribution in [0.3, 0.4) is 0 Å². The lowest BCUT2D eigenvalue weighted by Gasteiger charge is -2.22. The molecular weight excluding hydrogens is 242 g/mol. The highest BCUT2D eigenvalue weighted by atomic mass is 16.1. The number of hydrogen-bond donors (Lipinski definition) is 2. The monoisotopic (exact) mass is 265 g/mol. The molecule has 0 radical (unpaired) electrons. The molecule has 6 nitrogen and oxygen atoms in total. The summed E-state index contributed by atoms with van der Waals surface area (Å²) in [7, 11) is 1.88. The average molecular weight is 265 g/mol. The number of amides is 1. The zero-order valence-corrected chi connectivity index (χ0v) is 11.7. The third-order valence-electron chi connectivity index (χ3n) is 3.69. The minimum absolute atomic E-state index is 0.0931. The fraction of sp³-hybridized carbons (Fsp3) is 0.769. The van der Waals surface area contributed by atoms with Gasteiger partial charge < -0.3 is 15.2 Å². The Morgan fingerprint density at radius 3 is 3.16 bits per heavy atom. The van der Waals surface area contributed by atoms with Crippen LogP contribution in [0, 0.1) is 5.92 Å². The number of carbonyl (C=O) groups is 1. The van der Waals surface area contributed by atoms with E-state index in [1.807, 2.05) is 18.5 Å². The van der Waals surface area contributed by atoms with Crippen molar-refractivity contribution in [3.63, 3.8) is 0 Å². The Labute approximate surface area is 114 Å². The van der Waals surface area contributed by atoms with Crippen molar-refractivity contribution < 1.29 is 4.79 Å². The molecule has 2 N–H and O–H groups in total. The molecule has 1 fully saturated rings. The quantitative estimate of drug-likeness (QED) is 0.825. The molecule has 1 saturated heterocycles. The maximum absolute atomic E-state index is 11.9. The molecule has 0 bridgehead atoms. The minimum atomic E-state index is -0.0931. The molecule has 0 saturated carbocycles. The average Bonchev–Trinajstić information content (AvgIpc) is 2.84. The van der Waals surface area contributed by atoms with Crippen molar-refractivity contribution in [3.05, 3.63) is 12.2 Å². The Kier molecular flexibility index (Phi) is 4.90. The van der Waals surface area contributed by atoms with Crippen LogP contribution in [0.1, 0.15) is 44.5 Å². The Morgan fingerprint density at radius 2 is 2.53 bits per heavy atom. The molecule has 1 amide bonds. The van der Waals surface area contributed by atoms with E-state index in [-0.39, 0.29) is 11.9 Å². The highest BCUT2D eigenvalue weighted by molar-refractivity contribution is 5.76. The molecule has 6 heteroatoms. The SMILES string of the molecule is CC(NC(=O)CCC1CCCNC1)c1nncn1C. The van der Waals surface area contributed by atoms with Gasteiger partial charge in [-0.2, -0.15) is 0 Å². The van der Waals surface area contributed by atoms with Crippen LogP contribution in [-0.2, 0) is 11.8 Å². The van der Waals surface area contributed by atoms with E-state index >= 15 is 0 Å². The van der Waals surface area contributed by atoms with E-state index in [4.69, 9.17) is 0 Å². The number of hydrogen-bond acceptors (Lipinski definition) is 4. The van der Waals surface area contributed by atoms with Gasteiger partial charge in [0, 0.05) is 13.5 Å². The van der Waals surface area contributed by atoms with Crippen molar-refractivity contribution in [2.75, 3.05) is 13.1 Å². The van der Waals surface area contributed by atoms with Gasteiger partial charge in [0.25, 0.3) is 0 Å². The summed E-state index contributed by atoms with van der Waals surface area (Å²) < 4.78 is 1.83. The number of nitrogens with one attached hydrogen (secondary N) is 2. The molecule has 0 spiro atoms. The summed E-state index contributed by atoms with van der Waals surface area (Å²) in [6.45, 7) is 4.10. The predicted octanol–water partition coefficient (Wildman–Crippen LogP) is 0.772. The Morgan fingerprint density at radius 1 is 1.68 bits per heavy atom. The van der Waals surface area contributed by atoms with E-state index in [0.29, 0.717) is 12.3 Å². The number of piperidine rings is 1. The molecule has 2 rings (SSSR count). The fourth-order valence-corrected chi connectivity index (χ4v) is 2.57. The van der Waals surface area contributed by atoms with Gasteiger partial charge in [-0.1, -0.05) is 0 Å². The molecule has 19 heavy (non-hydrogen) atoms. The predicted molar refractivity (Wildman–Crippen MR) is 72.4 cm³/mol. The summed E-state index contributed by atoms with van der Waals surface area (Å²) in [6.07, 6.45) is 5.66. The topological polar surface area (TPSA) is 71.8 Å². The standard InChI is InChI=1S/C13H23N5O/c1-10(13-17-15-9-18(13)2)16-12(19)6-5-11-4-3-7-14-8-11/h9-11,14H,3-8H2,1-2H3,(H,16,19). The van der Waals surface area contributed by atoms with Gasteiger partial charge >= 0.3 is 0 Å². The van der Waals surface area contributed by atoms with Gasteiger partial charge in [-0.15, -0.1) is 10.2 Å². The lowest BCUT2D eigenvalue weighted by molar-refractivity contribution is -0.122. The van der Waals surface area contributed by atoms with E-state index in [0.717, 1.165) is 25.3 Å². The van der Waals surface area contributed by atoms with Gasteiger partial charge in [0.1, 0.15) is 6.33 Å². The smallest absolute Gasteiger partial charge is 0.220 e. The largest absolute Gasteiger partial charge is 0.346 e. The zero-order valence-electron chi connectivity index (χ0n) is 11.7. The summed E-state index contributed by atoms with van der Waals surface area (Å²) in [5.74, 6) is 1.53. The van der Waals surface area contributed by atoms with E-state index in [1.165, 1.54) is 12.8 Å². The molecular formula is C13H23N5O. The third kappa shape index (κ3) is 4.02. The fourth-order valence-electron chi connectivity index (χ4n) is 2.57. The zero-order chi connectivity index (χ0) is 13.7. The first-order valence-corrected chi connectivity index (χ1v) is 7.01. The van der Waals surface area contributed by atoms with Crippen molar-refractivity contribution in [1.82, 2.24) is 25.4 Å². The molecule has 1 aliphatic rings. The van der Waals surface area contributed by atoms with Gasteiger partial charge in [0.05, 0.1) is 6.04 Å². The second-order valence-corrected chi connectivity index (χ2v) is 5.34. The van der Waals surface area contributed by atoms with E-state index < -0.39 is 0 Å². The van der Waals surface area contributed by atoms with E-state index in [1.54, 1.807) is 6.33 Å². The van der Waals surface area contributed by atoms with Gasteiger partial charge in [0.15, 0.2) is 5.82 Å². The van der Waals surface area contributed by atoms with Crippen LogP contribution in [-0.4, -0.2) is 33.8 Å². The molecule has 0 aliphatic carbocycles. The van der Waals surface area contributed by atoms with Gasteiger partial charge in [0.2, 0.25) is 5.91 Å². The third-order valence-corrected chi connectivity index (χ3v) is 3.69. The van der Waals surface area contributed by atoms with Crippen LogP contribution in [0.15, 0.2) is 6.33 Å². The van der Waals surface area contributed by atoms with E-state index in [9.17, 15) is 4.79 Å². The highest BCUT2D eigenvalue weighted by Gasteiger charge is 2.17. The first kappa shape index (κ1) is 14.0. The normalized spacial score (nSPS) is 21.1. The summed E-state index contributed by atoms with van der Waals surface area (Å²) in [6, 6.07) is -0.0931. The van der Waals surface area contributed by atoms with Gasteiger partial charge in [-0.25, -0.2) is 0 Å². The molecule has 2 heterocycles. The number of aryl methyl sites for hydroxylation is 1. The van der Waals surface area contributed by atoms with Crippen molar-refractivity contribution in [2.45, 2.75) is 38.6 Å². The van der Waals surface area contributed by atoms with Crippen LogP contribution in [0.4, 0.5) is 0 Å². The van der Waals surface area contributed by atoms with Crippen LogP contribution < -0.4 is 10.6 Å². The summed E-state index contributed by atoms with van der Waals surface area (Å²) >= 11 is 0. The van der Waals surface area contributed by atoms with Crippen molar-refractivity contribution >= 4 is 5.91 Å². The van der Waals surface area contributed by atoms with Gasteiger partial charge in [-0.3, -0.25) is 4.79 Å². The summed E-state index contributed by atoms with van der Waals surface area (Å²) in [4.78, 5) is 11.9. The molecule has 106 valence electrons. The van der Waals surface area contributed by atoms with Crippen LogP contribution in [0.25, 0.3) is 0 Å². The number of carbonyl (C=O) groups excluding carboxylic acids is 1. The second kappa shape index (κ2) is 6.65. The van der Waals surface area contributed by atoms with Crippen LogP contribution in [0.2, 0.25) is 0 Å². The highest BCUT2D eigenvalue weighted by Crippen LogP contribution is 2.16. The first-order chi connectivity index (χ1) is 9.16. The second-order valence-electron chi connectivity index (χ2n) is 5.34. The van der Waals surface area contributed by atoms with Crippen molar-refractivity contribution in [2.24, 2.45) is 13.0 Å². The number of aromatic nitrogens is 3. The Bertz CT molecular complexity index is 411. The first-order valence-electron chi connectivity index (χ1n) is 7.01.